The van der Waals surface area contributed by atoms with Crippen molar-refractivity contribution in [2.45, 2.75) is 18.8 Å². The molecule has 0 spiro atoms. The average Bonchev–Trinajstić information content (AvgIpc) is 2.43. The van der Waals surface area contributed by atoms with Crippen LogP contribution in [0.15, 0.2) is 12.3 Å². The van der Waals surface area contributed by atoms with Gasteiger partial charge in [0.1, 0.15) is 0 Å². The summed E-state index contributed by atoms with van der Waals surface area (Å²) in [6.45, 7) is 0. The summed E-state index contributed by atoms with van der Waals surface area (Å²) < 4.78 is 15.2. The van der Waals surface area contributed by atoms with Gasteiger partial charge in [-0.05, 0) is 6.08 Å². The molecule has 1 atom stereocenters. The zero-order valence-electron chi connectivity index (χ0n) is 6.24. The van der Waals surface area contributed by atoms with E-state index in [0.29, 0.717) is 0 Å². The zero-order valence-corrected chi connectivity index (χ0v) is 6.24. The van der Waals surface area contributed by atoms with Crippen molar-refractivity contribution in [2.24, 2.45) is 0 Å². The van der Waals surface area contributed by atoms with Gasteiger partial charge in [-0.3, -0.25) is 0 Å². The van der Waals surface area contributed by atoms with Crippen molar-refractivity contribution in [2.75, 3.05) is 14.2 Å². The van der Waals surface area contributed by atoms with Gasteiger partial charge in [-0.25, -0.2) is 0 Å². The van der Waals surface area contributed by atoms with Crippen LogP contribution in [0.3, 0.4) is 0 Å². The first-order valence-electron chi connectivity index (χ1n) is 3.24. The number of methoxy groups -OCH3 is 2. The van der Waals surface area contributed by atoms with E-state index in [1.165, 1.54) is 0 Å². The summed E-state index contributed by atoms with van der Waals surface area (Å²) in [6, 6.07) is 0. The van der Waals surface area contributed by atoms with E-state index in [9.17, 15) is 0 Å². The van der Waals surface area contributed by atoms with E-state index in [2.05, 4.69) is 0 Å². The topological polar surface area (TPSA) is 27.7 Å². The van der Waals surface area contributed by atoms with Crippen LogP contribution in [0.4, 0.5) is 0 Å². The second-order valence-electron chi connectivity index (χ2n) is 2.12. The van der Waals surface area contributed by atoms with Gasteiger partial charge in [0, 0.05) is 20.6 Å². The number of rotatable bonds is 3. The predicted molar refractivity (Wildman–Crippen MR) is 36.4 cm³/mol. The zero-order chi connectivity index (χ0) is 7.40. The lowest BCUT2D eigenvalue weighted by molar-refractivity contribution is -0.160. The minimum absolute atomic E-state index is 0.0370. The minimum Gasteiger partial charge on any atom is -0.493 e. The van der Waals surface area contributed by atoms with Gasteiger partial charge in [0.2, 0.25) is 0 Å². The van der Waals surface area contributed by atoms with Gasteiger partial charge in [-0.2, -0.15) is 0 Å². The lowest BCUT2D eigenvalue weighted by Gasteiger charge is -2.19. The van der Waals surface area contributed by atoms with Crippen LogP contribution < -0.4 is 0 Å². The third-order valence-corrected chi connectivity index (χ3v) is 1.49. The maximum absolute atomic E-state index is 5.17. The van der Waals surface area contributed by atoms with E-state index in [1.807, 2.05) is 6.08 Å². The molecule has 1 rings (SSSR count). The van der Waals surface area contributed by atoms with Crippen molar-refractivity contribution in [3.05, 3.63) is 12.3 Å². The van der Waals surface area contributed by atoms with Crippen LogP contribution >= 0.6 is 0 Å². The highest BCUT2D eigenvalue weighted by atomic mass is 16.7. The fraction of sp³-hybridized carbons (Fsp3) is 0.714. The molecule has 10 heavy (non-hydrogen) atoms. The first kappa shape index (κ1) is 7.57. The fourth-order valence-electron chi connectivity index (χ4n) is 0.977. The Morgan fingerprint density at radius 2 is 2.20 bits per heavy atom. The molecule has 1 aliphatic heterocycles. The molecule has 0 saturated heterocycles. The molecule has 0 saturated carbocycles. The summed E-state index contributed by atoms with van der Waals surface area (Å²) >= 11 is 0. The van der Waals surface area contributed by atoms with Gasteiger partial charge in [-0.1, -0.05) is 0 Å². The van der Waals surface area contributed by atoms with Gasteiger partial charge >= 0.3 is 0 Å². The van der Waals surface area contributed by atoms with Crippen LogP contribution in [0.1, 0.15) is 6.42 Å². The first-order chi connectivity index (χ1) is 4.88. The Morgan fingerprint density at radius 1 is 1.50 bits per heavy atom. The van der Waals surface area contributed by atoms with E-state index < -0.39 is 0 Å². The summed E-state index contributed by atoms with van der Waals surface area (Å²) in [5.74, 6) is 0. The van der Waals surface area contributed by atoms with Gasteiger partial charge in [0.25, 0.3) is 0 Å². The van der Waals surface area contributed by atoms with E-state index in [1.54, 1.807) is 20.5 Å². The van der Waals surface area contributed by atoms with Crippen molar-refractivity contribution < 1.29 is 14.2 Å². The van der Waals surface area contributed by atoms with Crippen molar-refractivity contribution in [1.29, 1.82) is 0 Å². The Bertz CT molecular complexity index is 110. The van der Waals surface area contributed by atoms with E-state index >= 15 is 0 Å². The minimum atomic E-state index is -0.241. The summed E-state index contributed by atoms with van der Waals surface area (Å²) in [6.07, 6.45) is 4.29. The van der Waals surface area contributed by atoms with Crippen LogP contribution in [0.2, 0.25) is 0 Å². The molecule has 0 amide bonds. The van der Waals surface area contributed by atoms with Crippen LogP contribution in [-0.4, -0.2) is 26.6 Å². The molecule has 0 aliphatic carbocycles. The largest absolute Gasteiger partial charge is 0.493 e. The maximum atomic E-state index is 5.17. The number of hydrogen-bond donors (Lipinski definition) is 0. The predicted octanol–water partition coefficient (Wildman–Crippen LogP) is 0.908. The van der Waals surface area contributed by atoms with Gasteiger partial charge in [0.05, 0.1) is 6.26 Å². The Kier molecular flexibility index (Phi) is 2.71. The molecular weight excluding hydrogens is 132 g/mol. The van der Waals surface area contributed by atoms with Crippen molar-refractivity contribution >= 4 is 0 Å². The number of ether oxygens (including phenoxy) is 3. The molecule has 3 heteroatoms. The fourth-order valence-corrected chi connectivity index (χ4v) is 0.977. The molecule has 0 fully saturated rings. The normalized spacial score (nSPS) is 23.7. The van der Waals surface area contributed by atoms with Gasteiger partial charge in [-0.15, -0.1) is 0 Å². The van der Waals surface area contributed by atoms with E-state index in [4.69, 9.17) is 14.2 Å². The molecule has 0 aromatic carbocycles. The highest BCUT2D eigenvalue weighted by Gasteiger charge is 2.22. The molecule has 0 aromatic heterocycles. The van der Waals surface area contributed by atoms with Crippen LogP contribution in [-0.2, 0) is 14.2 Å². The second-order valence-corrected chi connectivity index (χ2v) is 2.12. The monoisotopic (exact) mass is 144 g/mol. The molecule has 3 nitrogen and oxygen atoms in total. The Hall–Kier alpha value is -0.540. The Balaban J connectivity index is 2.31. The molecule has 58 valence electrons. The molecular formula is C7H12O3. The van der Waals surface area contributed by atoms with Crippen LogP contribution in [0.25, 0.3) is 0 Å². The first-order valence-corrected chi connectivity index (χ1v) is 3.24. The van der Waals surface area contributed by atoms with Crippen molar-refractivity contribution in [1.82, 2.24) is 0 Å². The highest BCUT2D eigenvalue weighted by molar-refractivity contribution is 4.87. The third kappa shape index (κ3) is 1.49. The lowest BCUT2D eigenvalue weighted by atomic mass is 10.3. The smallest absolute Gasteiger partial charge is 0.194 e. The summed E-state index contributed by atoms with van der Waals surface area (Å²) in [5, 5.41) is 0. The SMILES string of the molecule is COC(OC)C1CC=CO1. The number of hydrogen-bond acceptors (Lipinski definition) is 3. The van der Waals surface area contributed by atoms with E-state index in [0.717, 1.165) is 6.42 Å². The summed E-state index contributed by atoms with van der Waals surface area (Å²) in [4.78, 5) is 0. The lowest BCUT2D eigenvalue weighted by Crippen LogP contribution is -2.28. The van der Waals surface area contributed by atoms with Gasteiger partial charge in [0.15, 0.2) is 12.4 Å². The van der Waals surface area contributed by atoms with Crippen LogP contribution in [0.5, 0.6) is 0 Å². The Morgan fingerprint density at radius 3 is 2.60 bits per heavy atom. The van der Waals surface area contributed by atoms with Crippen molar-refractivity contribution in [3.8, 4) is 0 Å². The quantitative estimate of drug-likeness (QED) is 0.551. The van der Waals surface area contributed by atoms with Crippen LogP contribution in [0, 0.1) is 0 Å². The molecule has 0 bridgehead atoms. The summed E-state index contributed by atoms with van der Waals surface area (Å²) in [7, 11) is 3.21. The van der Waals surface area contributed by atoms with Crippen molar-refractivity contribution in [3.63, 3.8) is 0 Å². The summed E-state index contributed by atoms with van der Waals surface area (Å²) in [5.41, 5.74) is 0. The third-order valence-electron chi connectivity index (χ3n) is 1.49. The average molecular weight is 144 g/mol. The standard InChI is InChI=1S/C7H12O3/c1-8-7(9-2)6-4-3-5-10-6/h3,5-7H,4H2,1-2H3. The van der Waals surface area contributed by atoms with Gasteiger partial charge < -0.3 is 14.2 Å². The maximum Gasteiger partial charge on any atom is 0.194 e. The highest BCUT2D eigenvalue weighted by Crippen LogP contribution is 2.14. The second kappa shape index (κ2) is 3.58. The molecule has 1 unspecified atom stereocenters. The molecule has 0 aromatic rings. The Labute approximate surface area is 60.6 Å². The van der Waals surface area contributed by atoms with E-state index in [-0.39, 0.29) is 12.4 Å². The molecule has 0 N–H and O–H groups in total. The molecule has 1 aliphatic rings. The molecule has 0 radical (unpaired) electrons. The molecule has 1 heterocycles.